The van der Waals surface area contributed by atoms with E-state index >= 15 is 0 Å². The summed E-state index contributed by atoms with van der Waals surface area (Å²) in [7, 11) is 0. The van der Waals surface area contributed by atoms with Crippen molar-refractivity contribution in [3.8, 4) is 0 Å². The third-order valence-electron chi connectivity index (χ3n) is 12.7. The van der Waals surface area contributed by atoms with Gasteiger partial charge in [0.25, 0.3) is 0 Å². The molecule has 200 valence electrons. The minimum absolute atomic E-state index is 0.138. The molecule has 0 unspecified atom stereocenters. The van der Waals surface area contributed by atoms with Crippen LogP contribution >= 0.6 is 0 Å². The van der Waals surface area contributed by atoms with Crippen LogP contribution in [0.1, 0.15) is 162 Å². The quantitative estimate of drug-likeness (QED) is 0.336. The summed E-state index contributed by atoms with van der Waals surface area (Å²) in [5, 5.41) is 0. The maximum absolute atomic E-state index is 13.8. The fraction of sp³-hybridized carbons (Fsp3) is 0.971. The van der Waals surface area contributed by atoms with E-state index in [2.05, 4.69) is 13.8 Å². The van der Waals surface area contributed by atoms with Gasteiger partial charge < -0.3 is 0 Å². The first-order valence-corrected chi connectivity index (χ1v) is 16.6. The highest BCUT2D eigenvalue weighted by Crippen LogP contribution is 2.65. The van der Waals surface area contributed by atoms with E-state index < -0.39 is 0 Å². The van der Waals surface area contributed by atoms with Crippen LogP contribution in [0, 0.1) is 46.3 Å². The van der Waals surface area contributed by atoms with Crippen molar-refractivity contribution in [2.24, 2.45) is 46.3 Å². The standard InChI is InChI=1S/C34H58O/c1-3-5-7-26-9-13-28(14-10-26)30-17-21-33(22-18-30)25-34(32(33)35)23-19-31(20-24-34)29-15-11-27(12-16-29)8-6-4-2/h26-31H,3-25H2,1-2H3/t26?,27?,28?,29?,30-,31?,33-,34-. The Bertz CT molecular complexity index is 605. The first kappa shape index (κ1) is 26.3. The molecule has 0 saturated heterocycles. The van der Waals surface area contributed by atoms with Crippen LogP contribution in [0.25, 0.3) is 0 Å². The molecular formula is C34H58O. The number of hydrogen-bond donors (Lipinski definition) is 0. The molecule has 0 radical (unpaired) electrons. The van der Waals surface area contributed by atoms with Crippen LogP contribution in [0.5, 0.6) is 0 Å². The molecule has 5 fully saturated rings. The predicted octanol–water partition coefficient (Wildman–Crippen LogP) is 10.3. The van der Waals surface area contributed by atoms with E-state index in [1.165, 1.54) is 148 Å². The highest BCUT2D eigenvalue weighted by Gasteiger charge is 2.63. The third-order valence-corrected chi connectivity index (χ3v) is 12.7. The molecule has 0 aromatic carbocycles. The molecule has 0 bridgehead atoms. The molecule has 5 saturated carbocycles. The predicted molar refractivity (Wildman–Crippen MR) is 148 cm³/mol. The number of rotatable bonds is 8. The normalized spacial score (nSPS) is 44.5. The second-order valence-corrected chi connectivity index (χ2v) is 14.6. The number of carbonyl (C=O) groups is 1. The molecule has 5 aliphatic carbocycles. The van der Waals surface area contributed by atoms with Crippen LogP contribution < -0.4 is 0 Å². The van der Waals surface area contributed by atoms with Crippen molar-refractivity contribution in [3.63, 3.8) is 0 Å². The fourth-order valence-corrected chi connectivity index (χ4v) is 10.3. The molecule has 0 aliphatic heterocycles. The van der Waals surface area contributed by atoms with Crippen LogP contribution in [-0.2, 0) is 4.79 Å². The van der Waals surface area contributed by atoms with Crippen LogP contribution in [0.2, 0.25) is 0 Å². The minimum atomic E-state index is 0.138. The van der Waals surface area contributed by atoms with Gasteiger partial charge in [-0.15, -0.1) is 0 Å². The van der Waals surface area contributed by atoms with Gasteiger partial charge in [0, 0.05) is 10.8 Å². The van der Waals surface area contributed by atoms with Crippen molar-refractivity contribution >= 4 is 5.78 Å². The SMILES string of the molecule is CCCCC1CCC(C2CC[C@]3(CC2)C[C@@]2(CC[C@H](C4CCC(CCCC)CC4)CC2)C3=O)CC1. The first-order chi connectivity index (χ1) is 17.1. The van der Waals surface area contributed by atoms with Gasteiger partial charge in [-0.3, -0.25) is 4.79 Å². The molecule has 0 amide bonds. The van der Waals surface area contributed by atoms with Gasteiger partial charge in [0.1, 0.15) is 5.78 Å². The summed E-state index contributed by atoms with van der Waals surface area (Å²) in [6.45, 7) is 4.67. The Balaban J connectivity index is 1.03. The number of ketones is 1. The molecule has 5 aliphatic rings. The van der Waals surface area contributed by atoms with Crippen molar-refractivity contribution < 1.29 is 4.79 Å². The number of Topliss-reactive ketones (excluding diaryl/α,β-unsaturated/α-hetero) is 1. The second kappa shape index (κ2) is 11.6. The zero-order chi connectivity index (χ0) is 24.3. The fourth-order valence-electron chi connectivity index (χ4n) is 10.3. The lowest BCUT2D eigenvalue weighted by Gasteiger charge is -2.60. The summed E-state index contributed by atoms with van der Waals surface area (Å²) >= 11 is 0. The highest BCUT2D eigenvalue weighted by molar-refractivity contribution is 5.96. The van der Waals surface area contributed by atoms with E-state index in [1.807, 2.05) is 0 Å². The molecule has 5 rings (SSSR count). The first-order valence-electron chi connectivity index (χ1n) is 16.6. The Kier molecular flexibility index (Phi) is 8.71. The summed E-state index contributed by atoms with van der Waals surface area (Å²) in [6.07, 6.45) is 32.3. The van der Waals surface area contributed by atoms with E-state index in [0.29, 0.717) is 0 Å². The van der Waals surface area contributed by atoms with Gasteiger partial charge in [0.05, 0.1) is 0 Å². The van der Waals surface area contributed by atoms with E-state index in [-0.39, 0.29) is 10.8 Å². The highest BCUT2D eigenvalue weighted by atomic mass is 16.1. The average Bonchev–Trinajstić information content (AvgIpc) is 2.92. The number of unbranched alkanes of at least 4 members (excludes halogenated alkanes) is 2. The van der Waals surface area contributed by atoms with Crippen molar-refractivity contribution in [2.45, 2.75) is 162 Å². The van der Waals surface area contributed by atoms with Gasteiger partial charge in [-0.05, 0) is 119 Å². The Morgan fingerprint density at radius 2 is 0.886 bits per heavy atom. The summed E-state index contributed by atoms with van der Waals surface area (Å²) in [6, 6.07) is 0. The van der Waals surface area contributed by atoms with Crippen LogP contribution in [0.4, 0.5) is 0 Å². The molecule has 1 heteroatoms. The van der Waals surface area contributed by atoms with Gasteiger partial charge >= 0.3 is 0 Å². The molecule has 35 heavy (non-hydrogen) atoms. The van der Waals surface area contributed by atoms with Crippen molar-refractivity contribution in [3.05, 3.63) is 0 Å². The van der Waals surface area contributed by atoms with Crippen molar-refractivity contribution in [1.29, 1.82) is 0 Å². The van der Waals surface area contributed by atoms with Crippen LogP contribution in [0.15, 0.2) is 0 Å². The van der Waals surface area contributed by atoms with Gasteiger partial charge in [0.2, 0.25) is 0 Å². The molecule has 1 nitrogen and oxygen atoms in total. The molecule has 0 N–H and O–H groups in total. The van der Waals surface area contributed by atoms with Gasteiger partial charge in [-0.25, -0.2) is 0 Å². The Morgan fingerprint density at radius 1 is 0.543 bits per heavy atom. The molecule has 0 aromatic rings. The smallest absolute Gasteiger partial charge is 0.145 e. The van der Waals surface area contributed by atoms with E-state index in [9.17, 15) is 4.79 Å². The average molecular weight is 483 g/mol. The van der Waals surface area contributed by atoms with Gasteiger partial charge in [-0.2, -0.15) is 0 Å². The van der Waals surface area contributed by atoms with Gasteiger partial charge in [-0.1, -0.05) is 78.1 Å². The van der Waals surface area contributed by atoms with Crippen LogP contribution in [0.3, 0.4) is 0 Å². The zero-order valence-electron chi connectivity index (χ0n) is 23.6. The zero-order valence-corrected chi connectivity index (χ0v) is 23.6. The van der Waals surface area contributed by atoms with Gasteiger partial charge in [0.15, 0.2) is 0 Å². The monoisotopic (exact) mass is 482 g/mol. The minimum Gasteiger partial charge on any atom is -0.298 e. The second-order valence-electron chi connectivity index (χ2n) is 14.6. The van der Waals surface area contributed by atoms with Crippen molar-refractivity contribution in [2.75, 3.05) is 0 Å². The number of hydrogen-bond acceptors (Lipinski definition) is 1. The lowest BCUT2D eigenvalue weighted by molar-refractivity contribution is -0.170. The van der Waals surface area contributed by atoms with Crippen LogP contribution in [-0.4, -0.2) is 5.78 Å². The lowest BCUT2D eigenvalue weighted by atomic mass is 9.42. The maximum Gasteiger partial charge on any atom is 0.145 e. The maximum atomic E-state index is 13.8. The Hall–Kier alpha value is -0.330. The Labute approximate surface area is 218 Å². The molecule has 2 spiro atoms. The van der Waals surface area contributed by atoms with E-state index in [4.69, 9.17) is 0 Å². The molecular weight excluding hydrogens is 424 g/mol. The summed E-state index contributed by atoms with van der Waals surface area (Å²) < 4.78 is 0. The largest absolute Gasteiger partial charge is 0.298 e. The summed E-state index contributed by atoms with van der Waals surface area (Å²) in [4.78, 5) is 13.8. The Morgan fingerprint density at radius 3 is 1.20 bits per heavy atom. The molecule has 0 atom stereocenters. The topological polar surface area (TPSA) is 17.1 Å². The molecule has 0 aromatic heterocycles. The lowest BCUT2D eigenvalue weighted by Crippen LogP contribution is -2.60. The third kappa shape index (κ3) is 5.60. The summed E-state index contributed by atoms with van der Waals surface area (Å²) in [5.41, 5.74) is 0.276. The summed E-state index contributed by atoms with van der Waals surface area (Å²) in [5.74, 6) is 6.68. The number of carbonyl (C=O) groups excluding carboxylic acids is 1. The molecule has 0 heterocycles. The van der Waals surface area contributed by atoms with E-state index in [0.717, 1.165) is 41.3 Å². The van der Waals surface area contributed by atoms with E-state index in [1.54, 1.807) is 0 Å². The van der Waals surface area contributed by atoms with Crippen molar-refractivity contribution in [1.82, 2.24) is 0 Å².